The third kappa shape index (κ3) is 2.32. The van der Waals surface area contributed by atoms with Gasteiger partial charge in [0.2, 0.25) is 0 Å². The second-order valence-corrected chi connectivity index (χ2v) is 3.76. The highest BCUT2D eigenvalue weighted by Crippen LogP contribution is 2.08. The molecular formula is C10H16N4. The lowest BCUT2D eigenvalue weighted by Gasteiger charge is -2.06. The number of aromatic nitrogens is 3. The molecule has 0 aliphatic heterocycles. The molecule has 1 rings (SSSR count). The summed E-state index contributed by atoms with van der Waals surface area (Å²) in [5.41, 5.74) is 1.42. The smallest absolute Gasteiger partial charge is 0.185 e. The maximum absolute atomic E-state index is 8.77. The number of hydrogen-bond acceptors (Lipinski definition) is 3. The van der Waals surface area contributed by atoms with E-state index in [1.54, 1.807) is 0 Å². The molecule has 1 heterocycles. The quantitative estimate of drug-likeness (QED) is 0.730. The average Bonchev–Trinajstić information content (AvgIpc) is 2.56. The lowest BCUT2D eigenvalue weighted by Crippen LogP contribution is -2.07. The van der Waals surface area contributed by atoms with Crippen LogP contribution in [0, 0.1) is 17.2 Å². The fourth-order valence-corrected chi connectivity index (χ4v) is 1.33. The van der Waals surface area contributed by atoms with Crippen LogP contribution in [-0.4, -0.2) is 15.0 Å². The highest BCUT2D eigenvalue weighted by atomic mass is 15.4. The molecule has 0 radical (unpaired) electrons. The first-order chi connectivity index (χ1) is 6.69. The van der Waals surface area contributed by atoms with Crippen LogP contribution in [0.1, 0.15) is 38.6 Å². The fourth-order valence-electron chi connectivity index (χ4n) is 1.33. The minimum Gasteiger partial charge on any atom is -0.248 e. The molecule has 76 valence electrons. The van der Waals surface area contributed by atoms with Gasteiger partial charge in [0.1, 0.15) is 6.07 Å². The Morgan fingerprint density at radius 1 is 1.50 bits per heavy atom. The second-order valence-electron chi connectivity index (χ2n) is 3.76. The van der Waals surface area contributed by atoms with E-state index in [1.165, 1.54) is 0 Å². The van der Waals surface area contributed by atoms with Gasteiger partial charge in [-0.25, -0.2) is 4.68 Å². The molecular weight excluding hydrogens is 176 g/mol. The first-order valence-electron chi connectivity index (χ1n) is 5.01. The predicted molar refractivity (Wildman–Crippen MR) is 53.6 cm³/mol. The van der Waals surface area contributed by atoms with Crippen LogP contribution < -0.4 is 0 Å². The average molecular weight is 192 g/mol. The zero-order valence-electron chi connectivity index (χ0n) is 8.99. The Morgan fingerprint density at radius 3 is 2.71 bits per heavy atom. The zero-order valence-corrected chi connectivity index (χ0v) is 8.99. The molecule has 1 aromatic heterocycles. The topological polar surface area (TPSA) is 54.5 Å². The minimum absolute atomic E-state index is 0.469. The van der Waals surface area contributed by atoms with E-state index in [-0.39, 0.29) is 0 Å². The summed E-state index contributed by atoms with van der Waals surface area (Å²) in [5.74, 6) is 0.648. The highest BCUT2D eigenvalue weighted by Gasteiger charge is 2.10. The van der Waals surface area contributed by atoms with Crippen molar-refractivity contribution >= 4 is 0 Å². The van der Waals surface area contributed by atoms with Gasteiger partial charge in [-0.1, -0.05) is 26.0 Å². The van der Waals surface area contributed by atoms with Crippen molar-refractivity contribution in [1.82, 2.24) is 15.0 Å². The first kappa shape index (κ1) is 10.7. The molecule has 14 heavy (non-hydrogen) atoms. The van der Waals surface area contributed by atoms with Gasteiger partial charge in [0.25, 0.3) is 0 Å². The molecule has 0 spiro atoms. The molecule has 0 saturated heterocycles. The van der Waals surface area contributed by atoms with Crippen molar-refractivity contribution in [2.45, 2.75) is 40.2 Å². The van der Waals surface area contributed by atoms with Crippen LogP contribution in [-0.2, 0) is 13.0 Å². The molecule has 0 aromatic carbocycles. The van der Waals surface area contributed by atoms with Crippen LogP contribution >= 0.6 is 0 Å². The molecule has 0 bridgehead atoms. The van der Waals surface area contributed by atoms with Crippen LogP contribution in [0.25, 0.3) is 0 Å². The van der Waals surface area contributed by atoms with Crippen molar-refractivity contribution < 1.29 is 0 Å². The van der Waals surface area contributed by atoms with Crippen LogP contribution in [0.2, 0.25) is 0 Å². The number of hydrogen-bond donors (Lipinski definition) is 0. The minimum atomic E-state index is 0.469. The van der Waals surface area contributed by atoms with Crippen LogP contribution in [0.15, 0.2) is 0 Å². The van der Waals surface area contributed by atoms with Crippen molar-refractivity contribution in [2.75, 3.05) is 0 Å². The molecule has 4 nitrogen and oxygen atoms in total. The molecule has 0 fully saturated rings. The standard InChI is InChI=1S/C10H16N4/c1-4-10-9(7-11)12-13-14(10)6-5-8(2)3/h8H,4-6H2,1-3H3. The monoisotopic (exact) mass is 192 g/mol. The van der Waals surface area contributed by atoms with Gasteiger partial charge in [0.15, 0.2) is 5.69 Å². The Kier molecular flexibility index (Phi) is 3.63. The number of rotatable bonds is 4. The van der Waals surface area contributed by atoms with E-state index in [0.717, 1.165) is 25.1 Å². The summed E-state index contributed by atoms with van der Waals surface area (Å²) in [5, 5.41) is 16.6. The maximum Gasteiger partial charge on any atom is 0.185 e. The molecule has 0 unspecified atom stereocenters. The predicted octanol–water partition coefficient (Wildman–Crippen LogP) is 1.76. The lowest BCUT2D eigenvalue weighted by molar-refractivity contribution is 0.468. The van der Waals surface area contributed by atoms with E-state index < -0.39 is 0 Å². The molecule has 0 atom stereocenters. The molecule has 0 saturated carbocycles. The van der Waals surface area contributed by atoms with E-state index in [4.69, 9.17) is 5.26 Å². The van der Waals surface area contributed by atoms with Crippen LogP contribution in [0.3, 0.4) is 0 Å². The summed E-state index contributed by atoms with van der Waals surface area (Å²) in [7, 11) is 0. The molecule has 0 aliphatic carbocycles. The third-order valence-corrected chi connectivity index (χ3v) is 2.20. The van der Waals surface area contributed by atoms with Crippen molar-refractivity contribution in [3.63, 3.8) is 0 Å². The van der Waals surface area contributed by atoms with E-state index in [9.17, 15) is 0 Å². The van der Waals surface area contributed by atoms with Crippen LogP contribution in [0.5, 0.6) is 0 Å². The van der Waals surface area contributed by atoms with Gasteiger partial charge in [-0.2, -0.15) is 5.26 Å². The summed E-state index contributed by atoms with van der Waals surface area (Å²) in [4.78, 5) is 0. The van der Waals surface area contributed by atoms with E-state index in [0.29, 0.717) is 11.6 Å². The summed E-state index contributed by atoms with van der Waals surface area (Å²) in [6, 6.07) is 2.06. The van der Waals surface area contributed by atoms with Gasteiger partial charge in [-0.05, 0) is 18.8 Å². The van der Waals surface area contributed by atoms with Gasteiger partial charge >= 0.3 is 0 Å². The summed E-state index contributed by atoms with van der Waals surface area (Å²) < 4.78 is 1.85. The van der Waals surface area contributed by atoms with Gasteiger partial charge in [0, 0.05) is 6.54 Å². The van der Waals surface area contributed by atoms with Crippen molar-refractivity contribution in [3.05, 3.63) is 11.4 Å². The Hall–Kier alpha value is -1.37. The van der Waals surface area contributed by atoms with E-state index in [2.05, 4.69) is 30.2 Å². The zero-order chi connectivity index (χ0) is 10.6. The second kappa shape index (κ2) is 4.75. The largest absolute Gasteiger partial charge is 0.248 e. The first-order valence-corrected chi connectivity index (χ1v) is 5.01. The van der Waals surface area contributed by atoms with Gasteiger partial charge in [-0.15, -0.1) is 5.10 Å². The Balaban J connectivity index is 2.77. The van der Waals surface area contributed by atoms with Crippen molar-refractivity contribution in [2.24, 2.45) is 5.92 Å². The Bertz CT molecular complexity index is 332. The van der Waals surface area contributed by atoms with Gasteiger partial charge < -0.3 is 0 Å². The number of nitriles is 1. The van der Waals surface area contributed by atoms with E-state index in [1.807, 2.05) is 11.6 Å². The lowest BCUT2D eigenvalue weighted by atomic mass is 10.1. The molecule has 0 amide bonds. The van der Waals surface area contributed by atoms with Gasteiger partial charge in [0.05, 0.1) is 5.69 Å². The van der Waals surface area contributed by atoms with E-state index >= 15 is 0 Å². The number of nitrogens with zero attached hydrogens (tertiary/aromatic N) is 4. The molecule has 4 heteroatoms. The fraction of sp³-hybridized carbons (Fsp3) is 0.700. The molecule has 0 aliphatic rings. The molecule has 0 N–H and O–H groups in total. The summed E-state index contributed by atoms with van der Waals surface area (Å²) in [6.07, 6.45) is 1.88. The number of aryl methyl sites for hydroxylation is 1. The van der Waals surface area contributed by atoms with Crippen molar-refractivity contribution in [1.29, 1.82) is 5.26 Å². The Labute approximate surface area is 84.5 Å². The summed E-state index contributed by atoms with van der Waals surface area (Å²) in [6.45, 7) is 7.22. The SMILES string of the molecule is CCc1c(C#N)nnn1CCC(C)C. The third-order valence-electron chi connectivity index (χ3n) is 2.20. The highest BCUT2D eigenvalue weighted by molar-refractivity contribution is 5.24. The Morgan fingerprint density at radius 2 is 2.21 bits per heavy atom. The van der Waals surface area contributed by atoms with Crippen LogP contribution in [0.4, 0.5) is 0 Å². The summed E-state index contributed by atoms with van der Waals surface area (Å²) >= 11 is 0. The normalized spacial score (nSPS) is 10.5. The molecule has 1 aromatic rings. The van der Waals surface area contributed by atoms with Gasteiger partial charge in [-0.3, -0.25) is 0 Å². The maximum atomic E-state index is 8.77. The van der Waals surface area contributed by atoms with Crippen molar-refractivity contribution in [3.8, 4) is 6.07 Å².